The highest BCUT2D eigenvalue weighted by atomic mass is 16.6. The molecule has 0 aliphatic carbocycles. The number of nitro groups is 1. The molecule has 0 saturated heterocycles. The number of nitrogens with zero attached hydrogens (tertiary/aromatic N) is 3. The number of hydrogen-bond donors (Lipinski definition) is 2. The van der Waals surface area contributed by atoms with E-state index < -0.39 is 16.7 Å². The fourth-order valence-electron chi connectivity index (χ4n) is 2.92. The molecule has 1 aromatic heterocycles. The maximum absolute atomic E-state index is 12.3. The zero-order valence-corrected chi connectivity index (χ0v) is 15.9. The number of nitro benzene ring substituents is 1. The summed E-state index contributed by atoms with van der Waals surface area (Å²) in [6, 6.07) is 14.8. The van der Waals surface area contributed by atoms with Crippen LogP contribution in [0.4, 0.5) is 5.69 Å². The largest absolute Gasteiger partial charge is 0.273 e. The number of para-hydroxylation sites is 1. The molecule has 29 heavy (non-hydrogen) atoms. The van der Waals surface area contributed by atoms with Crippen molar-refractivity contribution in [2.24, 2.45) is 0 Å². The van der Waals surface area contributed by atoms with Gasteiger partial charge in [-0.2, -0.15) is 5.10 Å². The molecule has 0 aliphatic heterocycles. The van der Waals surface area contributed by atoms with Crippen LogP contribution in [-0.4, -0.2) is 26.5 Å². The van der Waals surface area contributed by atoms with Gasteiger partial charge in [0, 0.05) is 29.0 Å². The fourth-order valence-corrected chi connectivity index (χ4v) is 2.92. The van der Waals surface area contributed by atoms with Crippen LogP contribution in [-0.2, 0) is 11.2 Å². The number of rotatable bonds is 5. The Bertz CT molecular complexity index is 1080. The molecule has 0 unspecified atom stereocenters. The maximum atomic E-state index is 12.3. The Balaban J connectivity index is 1.66. The summed E-state index contributed by atoms with van der Waals surface area (Å²) in [6.07, 6.45) is 0.0275. The summed E-state index contributed by atoms with van der Waals surface area (Å²) in [6.45, 7) is 3.69. The van der Waals surface area contributed by atoms with E-state index in [1.54, 1.807) is 4.68 Å². The molecule has 9 nitrogen and oxygen atoms in total. The third kappa shape index (κ3) is 4.46. The lowest BCUT2D eigenvalue weighted by molar-refractivity contribution is -0.384. The zero-order valence-electron chi connectivity index (χ0n) is 15.9. The quantitative estimate of drug-likeness (QED) is 0.510. The summed E-state index contributed by atoms with van der Waals surface area (Å²) in [5, 5.41) is 15.3. The van der Waals surface area contributed by atoms with Crippen molar-refractivity contribution in [1.82, 2.24) is 20.6 Å². The number of amides is 2. The molecular formula is C20H19N5O4. The van der Waals surface area contributed by atoms with Crippen molar-refractivity contribution in [3.05, 3.63) is 87.2 Å². The first kappa shape index (κ1) is 19.7. The first-order chi connectivity index (χ1) is 13.9. The molecule has 2 N–H and O–H groups in total. The average Bonchev–Trinajstić information content (AvgIpc) is 3.01. The van der Waals surface area contributed by atoms with Crippen molar-refractivity contribution in [1.29, 1.82) is 0 Å². The molecule has 0 fully saturated rings. The van der Waals surface area contributed by atoms with E-state index in [2.05, 4.69) is 16.0 Å². The molecule has 0 spiro atoms. The summed E-state index contributed by atoms with van der Waals surface area (Å²) in [5.41, 5.74) is 7.67. The standard InChI is InChI=1S/C20H19N5O4/c1-13-18(14(2)24(23-13)16-8-4-3-5-9-16)12-19(26)21-22-20(27)15-7-6-10-17(11-15)25(28)29/h3-11H,12H2,1-2H3,(H,21,26)(H,22,27). The second kappa shape index (κ2) is 8.34. The van der Waals surface area contributed by atoms with Crippen LogP contribution in [0, 0.1) is 24.0 Å². The third-order valence-electron chi connectivity index (χ3n) is 4.41. The highest BCUT2D eigenvalue weighted by Gasteiger charge is 2.17. The SMILES string of the molecule is Cc1nn(-c2ccccc2)c(C)c1CC(=O)NNC(=O)c1cccc([N+](=O)[O-])c1. The van der Waals surface area contributed by atoms with Gasteiger partial charge in [-0.05, 0) is 32.0 Å². The molecule has 0 radical (unpaired) electrons. The van der Waals surface area contributed by atoms with Gasteiger partial charge in [0.1, 0.15) is 0 Å². The topological polar surface area (TPSA) is 119 Å². The van der Waals surface area contributed by atoms with E-state index in [1.165, 1.54) is 18.2 Å². The molecule has 0 atom stereocenters. The Kier molecular flexibility index (Phi) is 5.68. The summed E-state index contributed by atoms with van der Waals surface area (Å²) >= 11 is 0. The van der Waals surface area contributed by atoms with Crippen molar-refractivity contribution in [3.8, 4) is 5.69 Å². The Morgan fingerprint density at radius 2 is 1.79 bits per heavy atom. The predicted molar refractivity (Wildman–Crippen MR) is 105 cm³/mol. The normalized spacial score (nSPS) is 10.4. The minimum atomic E-state index is -0.643. The first-order valence-corrected chi connectivity index (χ1v) is 8.81. The van der Waals surface area contributed by atoms with Gasteiger partial charge in [-0.15, -0.1) is 0 Å². The number of carbonyl (C=O) groups is 2. The van der Waals surface area contributed by atoms with E-state index >= 15 is 0 Å². The van der Waals surface area contributed by atoms with E-state index in [9.17, 15) is 19.7 Å². The lowest BCUT2D eigenvalue weighted by Gasteiger charge is -2.08. The number of hydrogen-bond acceptors (Lipinski definition) is 5. The molecule has 0 aliphatic rings. The molecule has 3 aromatic rings. The molecule has 1 heterocycles. The predicted octanol–water partition coefficient (Wildman–Crippen LogP) is 2.40. The van der Waals surface area contributed by atoms with Crippen molar-refractivity contribution in [2.45, 2.75) is 20.3 Å². The molecule has 148 valence electrons. The molecule has 3 rings (SSSR count). The minimum absolute atomic E-state index is 0.0275. The van der Waals surface area contributed by atoms with E-state index in [-0.39, 0.29) is 17.7 Å². The monoisotopic (exact) mass is 393 g/mol. The summed E-state index contributed by atoms with van der Waals surface area (Å²) < 4.78 is 1.76. The summed E-state index contributed by atoms with van der Waals surface area (Å²) in [7, 11) is 0. The fraction of sp³-hybridized carbons (Fsp3) is 0.150. The number of nitrogens with one attached hydrogen (secondary N) is 2. The van der Waals surface area contributed by atoms with Gasteiger partial charge < -0.3 is 0 Å². The lowest BCUT2D eigenvalue weighted by Crippen LogP contribution is -2.42. The van der Waals surface area contributed by atoms with Gasteiger partial charge in [-0.3, -0.25) is 30.6 Å². The lowest BCUT2D eigenvalue weighted by atomic mass is 10.1. The van der Waals surface area contributed by atoms with Crippen LogP contribution in [0.25, 0.3) is 5.69 Å². The van der Waals surface area contributed by atoms with Crippen LogP contribution >= 0.6 is 0 Å². The van der Waals surface area contributed by atoms with Crippen molar-refractivity contribution in [3.63, 3.8) is 0 Å². The number of non-ortho nitro benzene ring substituents is 1. The second-order valence-corrected chi connectivity index (χ2v) is 6.38. The van der Waals surface area contributed by atoms with E-state index in [0.29, 0.717) is 5.69 Å². The highest BCUT2D eigenvalue weighted by molar-refractivity contribution is 5.96. The van der Waals surface area contributed by atoms with E-state index in [4.69, 9.17) is 0 Å². The molecule has 2 aromatic carbocycles. The summed E-state index contributed by atoms with van der Waals surface area (Å²) in [5.74, 6) is -1.07. The van der Waals surface area contributed by atoms with Crippen LogP contribution in [0.2, 0.25) is 0 Å². The maximum Gasteiger partial charge on any atom is 0.270 e. The van der Waals surface area contributed by atoms with Crippen molar-refractivity contribution < 1.29 is 14.5 Å². The summed E-state index contributed by atoms with van der Waals surface area (Å²) in [4.78, 5) is 34.7. The Morgan fingerprint density at radius 1 is 1.07 bits per heavy atom. The zero-order chi connectivity index (χ0) is 21.0. The van der Waals surface area contributed by atoms with Crippen molar-refractivity contribution >= 4 is 17.5 Å². The molecular weight excluding hydrogens is 374 g/mol. The van der Waals surface area contributed by atoms with E-state index in [1.807, 2.05) is 44.2 Å². The van der Waals surface area contributed by atoms with Crippen molar-refractivity contribution in [2.75, 3.05) is 0 Å². The Labute approximate surface area is 166 Å². The van der Waals surface area contributed by atoms with Crippen LogP contribution in [0.15, 0.2) is 54.6 Å². The van der Waals surface area contributed by atoms with Gasteiger partial charge in [0.15, 0.2) is 0 Å². The number of aromatic nitrogens is 2. The van der Waals surface area contributed by atoms with Gasteiger partial charge in [-0.1, -0.05) is 24.3 Å². The average molecular weight is 393 g/mol. The smallest absolute Gasteiger partial charge is 0.270 e. The van der Waals surface area contributed by atoms with Gasteiger partial charge in [0.05, 0.1) is 22.7 Å². The second-order valence-electron chi connectivity index (χ2n) is 6.38. The van der Waals surface area contributed by atoms with Gasteiger partial charge >= 0.3 is 0 Å². The molecule has 2 amide bonds. The number of benzene rings is 2. The third-order valence-corrected chi connectivity index (χ3v) is 4.41. The Hall–Kier alpha value is -4.01. The number of hydrazine groups is 1. The number of carbonyl (C=O) groups excluding carboxylic acids is 2. The van der Waals surface area contributed by atoms with Crippen LogP contribution in [0.5, 0.6) is 0 Å². The first-order valence-electron chi connectivity index (χ1n) is 8.81. The van der Waals surface area contributed by atoms with Gasteiger partial charge in [0.2, 0.25) is 5.91 Å². The highest BCUT2D eigenvalue weighted by Crippen LogP contribution is 2.18. The number of aryl methyl sites for hydroxylation is 1. The van der Waals surface area contributed by atoms with E-state index in [0.717, 1.165) is 23.0 Å². The molecule has 0 bridgehead atoms. The molecule has 9 heteroatoms. The minimum Gasteiger partial charge on any atom is -0.273 e. The molecule has 0 saturated carbocycles. The van der Waals surface area contributed by atoms with Crippen LogP contribution < -0.4 is 10.9 Å². The van der Waals surface area contributed by atoms with Crippen LogP contribution in [0.3, 0.4) is 0 Å². The van der Waals surface area contributed by atoms with Gasteiger partial charge in [0.25, 0.3) is 11.6 Å². The van der Waals surface area contributed by atoms with Crippen LogP contribution in [0.1, 0.15) is 27.3 Å². The van der Waals surface area contributed by atoms with Gasteiger partial charge in [-0.25, -0.2) is 4.68 Å². The Morgan fingerprint density at radius 3 is 2.48 bits per heavy atom.